The van der Waals surface area contributed by atoms with Crippen molar-refractivity contribution in [2.75, 3.05) is 11.1 Å². The first kappa shape index (κ1) is 18.2. The van der Waals surface area contributed by atoms with Gasteiger partial charge in [-0.2, -0.15) is 0 Å². The molecule has 25 heavy (non-hydrogen) atoms. The van der Waals surface area contributed by atoms with Gasteiger partial charge in [-0.1, -0.05) is 61.1 Å². The second-order valence-electron chi connectivity index (χ2n) is 6.54. The number of carbonyl (C=O) groups excluding carboxylic acids is 1. The second kappa shape index (κ2) is 8.67. The lowest BCUT2D eigenvalue weighted by Crippen LogP contribution is -2.41. The van der Waals surface area contributed by atoms with Crippen LogP contribution in [0.5, 0.6) is 0 Å². The third-order valence-electron chi connectivity index (χ3n) is 4.58. The Bertz CT molecular complexity index is 719. The van der Waals surface area contributed by atoms with Gasteiger partial charge in [0, 0.05) is 11.7 Å². The fraction of sp³-hybridized carbons (Fsp3) is 0.500. The van der Waals surface area contributed by atoms with Crippen molar-refractivity contribution in [2.24, 2.45) is 5.92 Å². The molecule has 0 spiro atoms. The third kappa shape index (κ3) is 5.19. The van der Waals surface area contributed by atoms with E-state index in [4.69, 9.17) is 0 Å². The lowest BCUT2D eigenvalue weighted by atomic mass is 9.86. The summed E-state index contributed by atoms with van der Waals surface area (Å²) in [5, 5.41) is 15.5. The van der Waals surface area contributed by atoms with Crippen LogP contribution >= 0.6 is 23.1 Å². The van der Waals surface area contributed by atoms with E-state index >= 15 is 0 Å². The highest BCUT2D eigenvalue weighted by molar-refractivity contribution is 8.01. The van der Waals surface area contributed by atoms with Crippen LogP contribution in [0.25, 0.3) is 0 Å². The van der Waals surface area contributed by atoms with Crippen molar-refractivity contribution in [2.45, 2.75) is 49.9 Å². The minimum absolute atomic E-state index is 0.0902. The van der Waals surface area contributed by atoms with Gasteiger partial charge < -0.3 is 10.6 Å². The van der Waals surface area contributed by atoms with Crippen LogP contribution in [-0.2, 0) is 4.79 Å². The van der Waals surface area contributed by atoms with Crippen LogP contribution in [0.2, 0.25) is 0 Å². The molecule has 2 N–H and O–H groups in total. The number of aromatic nitrogens is 2. The molecule has 0 unspecified atom stereocenters. The Hall–Kier alpha value is -1.60. The molecule has 0 saturated heterocycles. The Morgan fingerprint density at radius 2 is 2.08 bits per heavy atom. The average molecular weight is 377 g/mol. The van der Waals surface area contributed by atoms with Crippen LogP contribution in [0.15, 0.2) is 28.6 Å². The number of nitrogens with one attached hydrogen (secondary N) is 2. The first-order valence-corrected chi connectivity index (χ1v) is 10.5. The summed E-state index contributed by atoms with van der Waals surface area (Å²) in [5.41, 5.74) is 2.19. The third-order valence-corrected chi connectivity index (χ3v) is 6.55. The number of anilines is 2. The number of aryl methyl sites for hydroxylation is 1. The molecule has 0 aliphatic heterocycles. The SMILES string of the molecule is Cc1ccccc1Nc1nnc(SCC(=O)N[C@@H]2CCCC[C@@H]2C)s1. The zero-order valence-corrected chi connectivity index (χ0v) is 16.3. The molecule has 1 aromatic carbocycles. The summed E-state index contributed by atoms with van der Waals surface area (Å²) in [6, 6.07) is 8.39. The molecule has 1 aliphatic rings. The predicted octanol–water partition coefficient (Wildman–Crippen LogP) is 4.38. The Morgan fingerprint density at radius 1 is 1.28 bits per heavy atom. The maximum atomic E-state index is 12.2. The maximum absolute atomic E-state index is 12.2. The lowest BCUT2D eigenvalue weighted by molar-refractivity contribution is -0.119. The Kier molecular flexibility index (Phi) is 6.31. The van der Waals surface area contributed by atoms with E-state index in [0.29, 0.717) is 17.7 Å². The molecule has 1 saturated carbocycles. The van der Waals surface area contributed by atoms with Crippen molar-refractivity contribution in [3.8, 4) is 0 Å². The van der Waals surface area contributed by atoms with Gasteiger partial charge in [0.2, 0.25) is 11.0 Å². The summed E-state index contributed by atoms with van der Waals surface area (Å²) in [7, 11) is 0. The summed E-state index contributed by atoms with van der Waals surface area (Å²) in [4.78, 5) is 12.2. The Labute approximate surface area is 157 Å². The molecule has 0 bridgehead atoms. The van der Waals surface area contributed by atoms with Gasteiger partial charge in [0.15, 0.2) is 4.34 Å². The zero-order valence-electron chi connectivity index (χ0n) is 14.6. The van der Waals surface area contributed by atoms with E-state index in [1.165, 1.54) is 42.4 Å². The number of thioether (sulfide) groups is 1. The monoisotopic (exact) mass is 376 g/mol. The molecule has 5 nitrogen and oxygen atoms in total. The summed E-state index contributed by atoms with van der Waals surface area (Å²) in [6.07, 6.45) is 4.81. The fourth-order valence-corrected chi connectivity index (χ4v) is 4.63. The van der Waals surface area contributed by atoms with Crippen LogP contribution in [0.3, 0.4) is 0 Å². The number of hydrogen-bond acceptors (Lipinski definition) is 6. The number of amides is 1. The van der Waals surface area contributed by atoms with Crippen molar-refractivity contribution < 1.29 is 4.79 Å². The van der Waals surface area contributed by atoms with E-state index < -0.39 is 0 Å². The molecular weight excluding hydrogens is 352 g/mol. The van der Waals surface area contributed by atoms with Gasteiger partial charge in [-0.3, -0.25) is 4.79 Å². The highest BCUT2D eigenvalue weighted by atomic mass is 32.2. The average Bonchev–Trinajstić information content (AvgIpc) is 3.05. The molecule has 2 aromatic rings. The molecule has 1 aliphatic carbocycles. The number of hydrogen-bond donors (Lipinski definition) is 2. The lowest BCUT2D eigenvalue weighted by Gasteiger charge is -2.29. The number of nitrogens with zero attached hydrogens (tertiary/aromatic N) is 2. The predicted molar refractivity (Wildman–Crippen MR) is 105 cm³/mol. The van der Waals surface area contributed by atoms with Crippen LogP contribution in [-0.4, -0.2) is 27.9 Å². The van der Waals surface area contributed by atoms with Crippen LogP contribution < -0.4 is 10.6 Å². The summed E-state index contributed by atoms with van der Waals surface area (Å²) >= 11 is 2.92. The topological polar surface area (TPSA) is 66.9 Å². The van der Waals surface area contributed by atoms with E-state index in [1.54, 1.807) is 0 Å². The number of para-hydroxylation sites is 1. The van der Waals surface area contributed by atoms with Crippen molar-refractivity contribution in [3.63, 3.8) is 0 Å². The summed E-state index contributed by atoms with van der Waals surface area (Å²) < 4.78 is 0.808. The second-order valence-corrected chi connectivity index (χ2v) is 8.74. The minimum Gasteiger partial charge on any atom is -0.352 e. The maximum Gasteiger partial charge on any atom is 0.230 e. The molecule has 1 heterocycles. The van der Waals surface area contributed by atoms with E-state index in [9.17, 15) is 4.79 Å². The van der Waals surface area contributed by atoms with Crippen molar-refractivity contribution in [1.82, 2.24) is 15.5 Å². The van der Waals surface area contributed by atoms with E-state index in [1.807, 2.05) is 18.2 Å². The van der Waals surface area contributed by atoms with Crippen LogP contribution in [0, 0.1) is 12.8 Å². The van der Waals surface area contributed by atoms with Crippen molar-refractivity contribution in [1.29, 1.82) is 0 Å². The molecule has 7 heteroatoms. The first-order chi connectivity index (χ1) is 12.1. The molecule has 1 amide bonds. The van der Waals surface area contributed by atoms with Gasteiger partial charge in [0.05, 0.1) is 5.75 Å². The van der Waals surface area contributed by atoms with Gasteiger partial charge in [-0.15, -0.1) is 10.2 Å². The zero-order chi connectivity index (χ0) is 17.6. The van der Waals surface area contributed by atoms with E-state index in [2.05, 4.69) is 40.7 Å². The highest BCUT2D eigenvalue weighted by Crippen LogP contribution is 2.29. The van der Waals surface area contributed by atoms with Gasteiger partial charge in [-0.25, -0.2) is 0 Å². The summed E-state index contributed by atoms with van der Waals surface area (Å²) in [5.74, 6) is 1.06. The standard InChI is InChI=1S/C18H24N4OS2/c1-12-7-3-5-9-14(12)19-16(23)11-24-18-22-21-17(25-18)20-15-10-6-4-8-13(15)2/h4,6,8,10,12,14H,3,5,7,9,11H2,1-2H3,(H,19,23)(H,20,21)/t12-,14+/m0/s1. The molecule has 134 valence electrons. The largest absolute Gasteiger partial charge is 0.352 e. The molecular formula is C18H24N4OS2. The molecule has 0 radical (unpaired) electrons. The molecule has 1 aromatic heterocycles. The minimum atomic E-state index is 0.0902. The number of benzene rings is 1. The van der Waals surface area contributed by atoms with Crippen LogP contribution in [0.1, 0.15) is 38.2 Å². The van der Waals surface area contributed by atoms with Gasteiger partial charge in [-0.05, 0) is 37.3 Å². The Morgan fingerprint density at radius 3 is 2.88 bits per heavy atom. The quantitative estimate of drug-likeness (QED) is 0.733. The van der Waals surface area contributed by atoms with Gasteiger partial charge in [0.25, 0.3) is 0 Å². The van der Waals surface area contributed by atoms with Crippen molar-refractivity contribution >= 4 is 39.8 Å². The van der Waals surface area contributed by atoms with Gasteiger partial charge in [0.1, 0.15) is 0 Å². The molecule has 3 rings (SSSR count). The van der Waals surface area contributed by atoms with Crippen molar-refractivity contribution in [3.05, 3.63) is 29.8 Å². The van der Waals surface area contributed by atoms with E-state index in [-0.39, 0.29) is 5.91 Å². The van der Waals surface area contributed by atoms with Gasteiger partial charge >= 0.3 is 0 Å². The highest BCUT2D eigenvalue weighted by Gasteiger charge is 2.22. The van der Waals surface area contributed by atoms with E-state index in [0.717, 1.165) is 27.1 Å². The molecule has 1 fully saturated rings. The Balaban J connectivity index is 1.48. The summed E-state index contributed by atoms with van der Waals surface area (Å²) in [6.45, 7) is 4.28. The van der Waals surface area contributed by atoms with Crippen LogP contribution in [0.4, 0.5) is 10.8 Å². The smallest absolute Gasteiger partial charge is 0.230 e. The number of rotatable bonds is 6. The normalized spacial score (nSPS) is 20.2. The molecule has 2 atom stereocenters. The first-order valence-electron chi connectivity index (χ1n) is 8.70. The number of carbonyl (C=O) groups is 1. The fourth-order valence-electron chi connectivity index (χ4n) is 3.05.